The molecule has 0 aromatic rings. The fraction of sp³-hybridized carbons (Fsp3) is 0.750. The lowest BCUT2D eigenvalue weighted by Crippen LogP contribution is -2.25. The summed E-state index contributed by atoms with van der Waals surface area (Å²) in [7, 11) is 0. The summed E-state index contributed by atoms with van der Waals surface area (Å²) in [6, 6.07) is 1.91. The molecule has 1 unspecified atom stereocenters. The molecule has 1 amide bonds. The molecule has 0 aromatic heterocycles. The Labute approximate surface area is 81.5 Å². The van der Waals surface area contributed by atoms with E-state index < -0.39 is 0 Å². The van der Waals surface area contributed by atoms with Crippen LogP contribution in [0.5, 0.6) is 0 Å². The van der Waals surface area contributed by atoms with Crippen LogP contribution in [0.3, 0.4) is 0 Å². The van der Waals surface area contributed by atoms with Crippen LogP contribution in [-0.4, -0.2) is 29.2 Å². The molecule has 1 fully saturated rings. The van der Waals surface area contributed by atoms with E-state index in [1.165, 1.54) is 0 Å². The second-order valence-electron chi connectivity index (χ2n) is 2.40. The largest absolute Gasteiger partial charge is 0.329 e. The first-order valence-corrected chi connectivity index (χ1v) is 5.08. The van der Waals surface area contributed by atoms with Gasteiger partial charge in [0.15, 0.2) is 0 Å². The minimum atomic E-state index is -0.150. The van der Waals surface area contributed by atoms with Gasteiger partial charge in [-0.1, -0.05) is 22.9 Å². The van der Waals surface area contributed by atoms with Gasteiger partial charge >= 0.3 is 0 Å². The van der Waals surface area contributed by atoms with Crippen LogP contribution in [0.1, 0.15) is 19.8 Å². The number of carbonyl (C=O) groups excluding carboxylic acids is 1. The molecule has 1 atom stereocenters. The Morgan fingerprint density at radius 2 is 2.42 bits per heavy atom. The summed E-state index contributed by atoms with van der Waals surface area (Å²) in [6.07, 6.45) is 2.56. The minimum Gasteiger partial charge on any atom is -0.329 e. The van der Waals surface area contributed by atoms with Crippen LogP contribution in [0.4, 0.5) is 0 Å². The van der Waals surface area contributed by atoms with E-state index in [0.717, 1.165) is 31.1 Å². The first-order chi connectivity index (χ1) is 5.79. The predicted molar refractivity (Wildman–Crippen MR) is 50.9 cm³/mol. The monoisotopic (exact) mass is 232 g/mol. The normalized spacial score (nSPS) is 20.8. The van der Waals surface area contributed by atoms with E-state index in [1.807, 2.05) is 6.92 Å². The number of amides is 1. The van der Waals surface area contributed by atoms with Crippen molar-refractivity contribution in [2.24, 2.45) is 0 Å². The fourth-order valence-corrected chi connectivity index (χ4v) is 1.05. The van der Waals surface area contributed by atoms with Crippen molar-refractivity contribution in [2.75, 3.05) is 11.9 Å². The first kappa shape index (κ1) is 11.4. The maximum absolute atomic E-state index is 10.2. The van der Waals surface area contributed by atoms with Crippen molar-refractivity contribution in [3.63, 3.8) is 0 Å². The zero-order valence-electron chi connectivity index (χ0n) is 7.16. The Hall–Kier alpha value is -0.560. The van der Waals surface area contributed by atoms with Gasteiger partial charge in [-0.05, 0) is 12.8 Å². The van der Waals surface area contributed by atoms with Crippen molar-refractivity contribution in [2.45, 2.75) is 25.8 Å². The number of nitrogens with zero attached hydrogens (tertiary/aromatic N) is 2. The Kier molecular flexibility index (Phi) is 6.78. The van der Waals surface area contributed by atoms with Gasteiger partial charge in [-0.2, -0.15) is 5.26 Å². The molecule has 1 rings (SSSR count). The van der Waals surface area contributed by atoms with Crippen molar-refractivity contribution in [3.05, 3.63) is 0 Å². The Morgan fingerprint density at radius 1 is 1.83 bits per heavy atom. The number of hydrogen-bond donors (Lipinski definition) is 0. The molecule has 0 bridgehead atoms. The van der Waals surface area contributed by atoms with Crippen molar-refractivity contribution < 1.29 is 4.79 Å². The maximum atomic E-state index is 10.2. The molecular formula is C8H13BrN2O. The SMILES string of the molecule is CCBr.N#CC1CCCN1C=O. The Morgan fingerprint density at radius 3 is 2.75 bits per heavy atom. The minimum absolute atomic E-state index is 0.150. The second kappa shape index (κ2) is 7.11. The van der Waals surface area contributed by atoms with Gasteiger partial charge in [0.05, 0.1) is 6.07 Å². The summed E-state index contributed by atoms with van der Waals surface area (Å²) in [5.41, 5.74) is 0. The first-order valence-electron chi connectivity index (χ1n) is 3.96. The fourth-order valence-electron chi connectivity index (χ4n) is 1.05. The van der Waals surface area contributed by atoms with Crippen molar-refractivity contribution >= 4 is 22.3 Å². The van der Waals surface area contributed by atoms with E-state index in [-0.39, 0.29) is 6.04 Å². The molecule has 0 saturated carbocycles. The molecule has 1 saturated heterocycles. The maximum Gasteiger partial charge on any atom is 0.210 e. The molecule has 4 heteroatoms. The van der Waals surface area contributed by atoms with E-state index in [2.05, 4.69) is 22.0 Å². The van der Waals surface area contributed by atoms with E-state index >= 15 is 0 Å². The molecule has 1 heterocycles. The molecule has 0 N–H and O–H groups in total. The summed E-state index contributed by atoms with van der Waals surface area (Å²) in [5.74, 6) is 0. The number of alkyl halides is 1. The number of likely N-dealkylation sites (tertiary alicyclic amines) is 1. The van der Waals surface area contributed by atoms with Gasteiger partial charge in [0.2, 0.25) is 6.41 Å². The van der Waals surface area contributed by atoms with Crippen molar-refractivity contribution in [1.29, 1.82) is 5.26 Å². The Balaban J connectivity index is 0.000000354. The summed E-state index contributed by atoms with van der Waals surface area (Å²) in [4.78, 5) is 11.7. The van der Waals surface area contributed by atoms with Gasteiger partial charge in [-0.3, -0.25) is 4.79 Å². The summed E-state index contributed by atoms with van der Waals surface area (Å²) in [6.45, 7) is 2.79. The van der Waals surface area contributed by atoms with Crippen LogP contribution in [0.25, 0.3) is 0 Å². The van der Waals surface area contributed by atoms with E-state index in [0.29, 0.717) is 0 Å². The van der Waals surface area contributed by atoms with Crippen molar-refractivity contribution in [1.82, 2.24) is 4.90 Å². The van der Waals surface area contributed by atoms with Crippen LogP contribution in [0.15, 0.2) is 0 Å². The topological polar surface area (TPSA) is 44.1 Å². The highest BCUT2D eigenvalue weighted by atomic mass is 79.9. The average molecular weight is 233 g/mol. The highest BCUT2D eigenvalue weighted by Crippen LogP contribution is 2.13. The van der Waals surface area contributed by atoms with Crippen molar-refractivity contribution in [3.8, 4) is 6.07 Å². The molecule has 68 valence electrons. The molecule has 1 aliphatic heterocycles. The Bertz CT molecular complexity index is 167. The predicted octanol–water partition coefficient (Wildman–Crippen LogP) is 1.53. The molecule has 3 nitrogen and oxygen atoms in total. The van der Waals surface area contributed by atoms with Gasteiger partial charge < -0.3 is 4.90 Å². The molecule has 12 heavy (non-hydrogen) atoms. The van der Waals surface area contributed by atoms with Gasteiger partial charge in [0, 0.05) is 11.9 Å². The van der Waals surface area contributed by atoms with Gasteiger partial charge in [-0.25, -0.2) is 0 Å². The third kappa shape index (κ3) is 3.72. The quantitative estimate of drug-likeness (QED) is 0.509. The third-order valence-electron chi connectivity index (χ3n) is 1.58. The third-order valence-corrected chi connectivity index (χ3v) is 1.58. The smallest absolute Gasteiger partial charge is 0.210 e. The number of rotatable bonds is 1. The van der Waals surface area contributed by atoms with Crippen LogP contribution in [-0.2, 0) is 4.79 Å². The zero-order valence-corrected chi connectivity index (χ0v) is 8.75. The van der Waals surface area contributed by atoms with Crippen LogP contribution in [0.2, 0.25) is 0 Å². The van der Waals surface area contributed by atoms with Crippen LogP contribution in [0, 0.1) is 11.3 Å². The zero-order chi connectivity index (χ0) is 9.40. The molecule has 1 aliphatic rings. The summed E-state index contributed by atoms with van der Waals surface area (Å²) >= 11 is 3.15. The van der Waals surface area contributed by atoms with Gasteiger partial charge in [0.1, 0.15) is 6.04 Å². The van der Waals surface area contributed by atoms with Crippen LogP contribution >= 0.6 is 15.9 Å². The highest BCUT2D eigenvalue weighted by molar-refractivity contribution is 9.09. The summed E-state index contributed by atoms with van der Waals surface area (Å²) in [5, 5.41) is 9.48. The van der Waals surface area contributed by atoms with Gasteiger partial charge in [0.25, 0.3) is 0 Å². The molecule has 0 radical (unpaired) electrons. The van der Waals surface area contributed by atoms with E-state index in [4.69, 9.17) is 5.26 Å². The van der Waals surface area contributed by atoms with Crippen LogP contribution < -0.4 is 0 Å². The van der Waals surface area contributed by atoms with Gasteiger partial charge in [-0.15, -0.1) is 0 Å². The lowest BCUT2D eigenvalue weighted by molar-refractivity contribution is -0.118. The number of nitriles is 1. The molecule has 0 spiro atoms. The second-order valence-corrected chi connectivity index (χ2v) is 3.52. The molecule has 0 aliphatic carbocycles. The lowest BCUT2D eigenvalue weighted by atomic mass is 10.2. The lowest BCUT2D eigenvalue weighted by Gasteiger charge is -2.10. The number of carbonyl (C=O) groups is 1. The van der Waals surface area contributed by atoms with E-state index in [9.17, 15) is 4.79 Å². The number of halogens is 1. The highest BCUT2D eigenvalue weighted by Gasteiger charge is 2.21. The summed E-state index contributed by atoms with van der Waals surface area (Å²) < 4.78 is 0. The number of hydrogen-bond acceptors (Lipinski definition) is 2. The molecule has 0 aromatic carbocycles. The standard InChI is InChI=1S/C6H8N2O.C2H5Br/c7-4-6-2-1-3-8(6)5-9;1-2-3/h5-6H,1-3H2;2H2,1H3. The average Bonchev–Trinajstić information content (AvgIpc) is 2.52. The molecular weight excluding hydrogens is 220 g/mol. The van der Waals surface area contributed by atoms with E-state index in [1.54, 1.807) is 4.90 Å².